The number of hydrogen-bond acceptors (Lipinski definition) is 3. The molecule has 1 atom stereocenters. The van der Waals surface area contributed by atoms with E-state index in [1.165, 1.54) is 0 Å². The van der Waals surface area contributed by atoms with Crippen molar-refractivity contribution in [3.63, 3.8) is 0 Å². The van der Waals surface area contributed by atoms with Crippen molar-refractivity contribution in [3.05, 3.63) is 63.9 Å². The average molecular weight is 425 g/mol. The fraction of sp³-hybridized carbons (Fsp3) is 0.348. The molecule has 0 saturated carbocycles. The summed E-state index contributed by atoms with van der Waals surface area (Å²) >= 11 is 6.05. The highest BCUT2D eigenvalue weighted by molar-refractivity contribution is 6.31. The van der Waals surface area contributed by atoms with Crippen molar-refractivity contribution in [2.24, 2.45) is 0 Å². The Bertz CT molecular complexity index is 1100. The number of hydrogen-bond donors (Lipinski definition) is 2. The Morgan fingerprint density at radius 2 is 1.97 bits per heavy atom. The van der Waals surface area contributed by atoms with Gasteiger partial charge in [0, 0.05) is 29.2 Å². The second kappa shape index (κ2) is 8.48. The number of carbonyl (C=O) groups excluding carboxylic acids is 2. The van der Waals surface area contributed by atoms with E-state index in [9.17, 15) is 9.59 Å². The van der Waals surface area contributed by atoms with Crippen LogP contribution in [0.5, 0.6) is 0 Å². The third-order valence-corrected chi connectivity index (χ3v) is 5.85. The highest BCUT2D eigenvalue weighted by atomic mass is 35.5. The lowest BCUT2D eigenvalue weighted by atomic mass is 10.0. The number of halogens is 1. The Morgan fingerprint density at radius 3 is 2.67 bits per heavy atom. The zero-order chi connectivity index (χ0) is 21.3. The highest BCUT2D eigenvalue weighted by Crippen LogP contribution is 2.22. The van der Waals surface area contributed by atoms with Crippen LogP contribution >= 0.6 is 11.6 Å². The number of rotatable bonds is 5. The van der Waals surface area contributed by atoms with Gasteiger partial charge in [-0.2, -0.15) is 0 Å². The number of nitrogens with one attached hydrogen (secondary N) is 2. The number of H-pyrrole nitrogens is 1. The molecule has 7 heteroatoms. The lowest BCUT2D eigenvalue weighted by Crippen LogP contribution is -2.30. The lowest BCUT2D eigenvalue weighted by Gasteiger charge is -2.18. The summed E-state index contributed by atoms with van der Waals surface area (Å²) in [4.78, 5) is 35.3. The first-order valence-corrected chi connectivity index (χ1v) is 10.7. The zero-order valence-corrected chi connectivity index (χ0v) is 17.9. The molecular formula is C23H25ClN4O2. The molecule has 2 N–H and O–H groups in total. The van der Waals surface area contributed by atoms with Crippen LogP contribution in [-0.4, -0.2) is 39.8 Å². The van der Waals surface area contributed by atoms with Gasteiger partial charge in [-0.15, -0.1) is 0 Å². The second-order valence-electron chi connectivity index (χ2n) is 7.75. The number of aromatic nitrogens is 2. The average Bonchev–Trinajstić information content (AvgIpc) is 3.40. The number of benzene rings is 2. The molecule has 2 aromatic carbocycles. The zero-order valence-electron chi connectivity index (χ0n) is 17.2. The smallest absolute Gasteiger partial charge is 0.254 e. The standard InChI is InChI=1S/C23H25ClN4O2/c1-3-18(21-25-19-9-7-16(24)13-20(19)26-21)27-22(29)15-6-8-17(14(2)12-15)23(30)28-10-4-5-11-28/h6-9,12-13,18H,3-5,10-11H2,1-2H3,(H,25,26)(H,27,29)/t18-/m0/s1. The van der Waals surface area contributed by atoms with Crippen LogP contribution in [0.2, 0.25) is 5.02 Å². The summed E-state index contributed by atoms with van der Waals surface area (Å²) in [6, 6.07) is 10.5. The molecular weight excluding hydrogens is 400 g/mol. The monoisotopic (exact) mass is 424 g/mol. The maximum atomic E-state index is 12.9. The van der Waals surface area contributed by atoms with E-state index in [1.54, 1.807) is 30.3 Å². The van der Waals surface area contributed by atoms with Gasteiger partial charge in [-0.25, -0.2) is 4.98 Å². The van der Waals surface area contributed by atoms with Gasteiger partial charge >= 0.3 is 0 Å². The van der Waals surface area contributed by atoms with Gasteiger partial charge in [0.1, 0.15) is 5.82 Å². The molecule has 1 fully saturated rings. The summed E-state index contributed by atoms with van der Waals surface area (Å²) < 4.78 is 0. The van der Waals surface area contributed by atoms with Crippen molar-refractivity contribution in [2.45, 2.75) is 39.2 Å². The van der Waals surface area contributed by atoms with E-state index in [0.717, 1.165) is 42.5 Å². The number of fused-ring (bicyclic) bond motifs is 1. The van der Waals surface area contributed by atoms with Crippen LogP contribution in [-0.2, 0) is 0 Å². The number of aromatic amines is 1. The number of likely N-dealkylation sites (tertiary alicyclic amines) is 1. The van der Waals surface area contributed by atoms with Gasteiger partial charge < -0.3 is 15.2 Å². The van der Waals surface area contributed by atoms with Crippen LogP contribution in [0.4, 0.5) is 0 Å². The molecule has 1 aliphatic heterocycles. The van der Waals surface area contributed by atoms with Gasteiger partial charge in [0.25, 0.3) is 11.8 Å². The maximum Gasteiger partial charge on any atom is 0.254 e. The van der Waals surface area contributed by atoms with Crippen molar-refractivity contribution in [1.82, 2.24) is 20.2 Å². The van der Waals surface area contributed by atoms with Crippen LogP contribution in [0.25, 0.3) is 11.0 Å². The number of aryl methyl sites for hydroxylation is 1. The Labute approximate surface area is 180 Å². The van der Waals surface area contributed by atoms with Gasteiger partial charge in [0.2, 0.25) is 0 Å². The highest BCUT2D eigenvalue weighted by Gasteiger charge is 2.22. The molecule has 156 valence electrons. The first kappa shape index (κ1) is 20.4. The van der Waals surface area contributed by atoms with E-state index in [-0.39, 0.29) is 17.9 Å². The Balaban J connectivity index is 1.51. The van der Waals surface area contributed by atoms with Crippen LogP contribution in [0.3, 0.4) is 0 Å². The maximum absolute atomic E-state index is 12.9. The molecule has 2 heterocycles. The number of nitrogens with zero attached hydrogens (tertiary/aromatic N) is 2. The molecule has 1 aromatic heterocycles. The Kier molecular flexibility index (Phi) is 5.77. The molecule has 30 heavy (non-hydrogen) atoms. The minimum absolute atomic E-state index is 0.0457. The summed E-state index contributed by atoms with van der Waals surface area (Å²) in [5.41, 5.74) is 3.65. The molecule has 0 bridgehead atoms. The summed E-state index contributed by atoms with van der Waals surface area (Å²) in [6.07, 6.45) is 2.79. The Morgan fingerprint density at radius 1 is 1.20 bits per heavy atom. The first-order valence-electron chi connectivity index (χ1n) is 10.3. The number of amides is 2. The van der Waals surface area contributed by atoms with Crippen LogP contribution in [0, 0.1) is 6.92 Å². The van der Waals surface area contributed by atoms with Gasteiger partial charge in [-0.3, -0.25) is 9.59 Å². The SMILES string of the molecule is CC[C@H](NC(=O)c1ccc(C(=O)N2CCCC2)c(C)c1)c1nc2cc(Cl)ccc2[nH]1. The van der Waals surface area contributed by atoms with E-state index in [1.807, 2.05) is 24.8 Å². The third-order valence-electron chi connectivity index (χ3n) is 5.62. The van der Waals surface area contributed by atoms with Crippen molar-refractivity contribution in [3.8, 4) is 0 Å². The minimum Gasteiger partial charge on any atom is -0.342 e. The number of imidazole rings is 1. The van der Waals surface area contributed by atoms with Gasteiger partial charge in [-0.1, -0.05) is 18.5 Å². The normalized spacial score (nSPS) is 14.8. The van der Waals surface area contributed by atoms with Crippen LogP contribution < -0.4 is 5.32 Å². The first-order chi connectivity index (χ1) is 14.5. The van der Waals surface area contributed by atoms with Gasteiger partial charge in [-0.05, 0) is 68.1 Å². The minimum atomic E-state index is -0.255. The molecule has 3 aromatic rings. The van der Waals surface area contributed by atoms with E-state index in [2.05, 4.69) is 15.3 Å². The molecule has 1 saturated heterocycles. The van der Waals surface area contributed by atoms with E-state index in [0.29, 0.717) is 28.4 Å². The van der Waals surface area contributed by atoms with E-state index < -0.39 is 0 Å². The Hall–Kier alpha value is -2.86. The molecule has 0 radical (unpaired) electrons. The summed E-state index contributed by atoms with van der Waals surface area (Å²) in [5, 5.41) is 3.67. The predicted octanol–water partition coefficient (Wildman–Crippen LogP) is 4.64. The van der Waals surface area contributed by atoms with Gasteiger partial charge in [0.15, 0.2) is 0 Å². The lowest BCUT2D eigenvalue weighted by molar-refractivity contribution is 0.0791. The third kappa shape index (κ3) is 4.05. The summed E-state index contributed by atoms with van der Waals surface area (Å²) in [5.74, 6) is 0.550. The molecule has 0 unspecified atom stereocenters. The molecule has 4 rings (SSSR count). The largest absolute Gasteiger partial charge is 0.342 e. The molecule has 2 amide bonds. The van der Waals surface area contributed by atoms with Crippen LogP contribution in [0.1, 0.15) is 64.3 Å². The molecule has 0 spiro atoms. The van der Waals surface area contributed by atoms with Crippen molar-refractivity contribution < 1.29 is 9.59 Å². The predicted molar refractivity (Wildman–Crippen MR) is 118 cm³/mol. The van der Waals surface area contributed by atoms with Gasteiger partial charge in [0.05, 0.1) is 17.1 Å². The molecule has 6 nitrogen and oxygen atoms in total. The summed E-state index contributed by atoms with van der Waals surface area (Å²) in [7, 11) is 0. The summed E-state index contributed by atoms with van der Waals surface area (Å²) in [6.45, 7) is 5.48. The second-order valence-corrected chi connectivity index (χ2v) is 8.18. The van der Waals surface area contributed by atoms with Crippen LogP contribution in [0.15, 0.2) is 36.4 Å². The van der Waals surface area contributed by atoms with Crippen molar-refractivity contribution >= 4 is 34.4 Å². The van der Waals surface area contributed by atoms with Crippen molar-refractivity contribution in [1.29, 1.82) is 0 Å². The van der Waals surface area contributed by atoms with Crippen molar-refractivity contribution in [2.75, 3.05) is 13.1 Å². The topological polar surface area (TPSA) is 78.1 Å². The molecule has 0 aliphatic carbocycles. The fourth-order valence-corrected chi connectivity index (χ4v) is 4.07. The molecule has 1 aliphatic rings. The van der Waals surface area contributed by atoms with E-state index >= 15 is 0 Å². The van der Waals surface area contributed by atoms with E-state index in [4.69, 9.17) is 11.6 Å². The fourth-order valence-electron chi connectivity index (χ4n) is 3.90. The number of carbonyl (C=O) groups is 2. The quantitative estimate of drug-likeness (QED) is 0.626.